The van der Waals surface area contributed by atoms with Gasteiger partial charge in [-0.3, -0.25) is 4.79 Å². The summed E-state index contributed by atoms with van der Waals surface area (Å²) in [7, 11) is 3.15. The van der Waals surface area contributed by atoms with Crippen LogP contribution in [0.25, 0.3) is 0 Å². The minimum Gasteiger partial charge on any atom is -0.493 e. The molecule has 0 fully saturated rings. The Bertz CT molecular complexity index is 816. The van der Waals surface area contributed by atoms with Gasteiger partial charge in [-0.15, -0.1) is 0 Å². The zero-order valence-electron chi connectivity index (χ0n) is 16.0. The number of carbonyl (C=O) groups excluding carboxylic acids is 1. The highest BCUT2D eigenvalue weighted by Gasteiger charge is 2.17. The monoisotopic (exact) mass is 438 g/mol. The Morgan fingerprint density at radius 1 is 1.26 bits per heavy atom. The molecular formula is C18H23BrN4O4. The lowest BCUT2D eigenvalue weighted by molar-refractivity contribution is 0.101. The molecule has 0 aliphatic rings. The molecule has 1 atom stereocenters. The predicted octanol–water partition coefficient (Wildman–Crippen LogP) is 3.78. The third-order valence-corrected chi connectivity index (χ3v) is 4.34. The molecule has 0 saturated carbocycles. The first kappa shape index (κ1) is 21.0. The molecule has 0 amide bonds. The van der Waals surface area contributed by atoms with E-state index in [-0.39, 0.29) is 17.8 Å². The molecule has 27 heavy (non-hydrogen) atoms. The summed E-state index contributed by atoms with van der Waals surface area (Å²) in [6.07, 6.45) is 0.848. The van der Waals surface area contributed by atoms with Crippen molar-refractivity contribution in [2.45, 2.75) is 33.2 Å². The van der Waals surface area contributed by atoms with Gasteiger partial charge in [-0.2, -0.15) is 15.0 Å². The third-order valence-electron chi connectivity index (χ3n) is 3.75. The first-order valence-corrected chi connectivity index (χ1v) is 9.21. The van der Waals surface area contributed by atoms with Gasteiger partial charge >= 0.3 is 6.01 Å². The number of ether oxygens (including phenoxy) is 3. The Kier molecular flexibility index (Phi) is 7.49. The van der Waals surface area contributed by atoms with Crippen molar-refractivity contribution in [2.24, 2.45) is 0 Å². The third kappa shape index (κ3) is 5.61. The Balaban J connectivity index is 2.33. The molecule has 9 heteroatoms. The van der Waals surface area contributed by atoms with Crippen LogP contribution in [0.2, 0.25) is 0 Å². The number of nitrogens with one attached hydrogen (secondary N) is 1. The summed E-state index contributed by atoms with van der Waals surface area (Å²) >= 11 is 3.41. The van der Waals surface area contributed by atoms with Crippen molar-refractivity contribution in [1.82, 2.24) is 15.0 Å². The van der Waals surface area contributed by atoms with E-state index in [1.54, 1.807) is 26.2 Å². The van der Waals surface area contributed by atoms with Crippen LogP contribution in [-0.4, -0.2) is 47.6 Å². The molecule has 0 bridgehead atoms. The second kappa shape index (κ2) is 9.61. The molecule has 0 aliphatic heterocycles. The lowest BCUT2D eigenvalue weighted by atomic mass is 10.1. The molecule has 1 heterocycles. The largest absolute Gasteiger partial charge is 0.493 e. The molecule has 2 aromatic rings. The van der Waals surface area contributed by atoms with E-state index in [1.807, 2.05) is 6.92 Å². The number of aryl methyl sites for hydroxylation is 1. The van der Waals surface area contributed by atoms with Crippen LogP contribution in [0.5, 0.6) is 17.5 Å². The number of methoxy groups -OCH3 is 2. The first-order valence-electron chi connectivity index (χ1n) is 8.42. The second-order valence-electron chi connectivity index (χ2n) is 5.84. The van der Waals surface area contributed by atoms with Gasteiger partial charge in [0.1, 0.15) is 5.82 Å². The number of hydrogen-bond donors (Lipinski definition) is 1. The van der Waals surface area contributed by atoms with Gasteiger partial charge in [0.05, 0.1) is 24.2 Å². The molecule has 1 unspecified atom stereocenters. The Morgan fingerprint density at radius 2 is 2.00 bits per heavy atom. The second-order valence-corrected chi connectivity index (χ2v) is 6.70. The average molecular weight is 439 g/mol. The van der Waals surface area contributed by atoms with E-state index in [0.29, 0.717) is 39.9 Å². The van der Waals surface area contributed by atoms with Crippen molar-refractivity contribution in [3.8, 4) is 17.5 Å². The van der Waals surface area contributed by atoms with E-state index in [0.717, 1.165) is 6.42 Å². The van der Waals surface area contributed by atoms with E-state index in [4.69, 9.17) is 14.2 Å². The summed E-state index contributed by atoms with van der Waals surface area (Å²) < 4.78 is 16.9. The Labute approximate surface area is 166 Å². The smallest absolute Gasteiger partial charge is 0.327 e. The highest BCUT2D eigenvalue weighted by molar-refractivity contribution is 9.10. The molecule has 0 radical (unpaired) electrons. The average Bonchev–Trinajstić information content (AvgIpc) is 2.62. The van der Waals surface area contributed by atoms with E-state index in [2.05, 4.69) is 36.2 Å². The van der Waals surface area contributed by atoms with Crippen LogP contribution in [-0.2, 0) is 4.74 Å². The van der Waals surface area contributed by atoms with Crippen LogP contribution in [0.4, 0.5) is 5.95 Å². The standard InChI is InChI=1S/C18H23BrN4O4/c1-6-13(9-25-4)22-17-20-11(3)21-18(23-17)27-16-14(19)7-12(10(2)24)8-15(16)26-5/h7-8,13H,6,9H2,1-5H3,(H,20,21,22,23). The van der Waals surface area contributed by atoms with Crippen molar-refractivity contribution in [3.63, 3.8) is 0 Å². The molecule has 146 valence electrons. The van der Waals surface area contributed by atoms with E-state index in [9.17, 15) is 4.79 Å². The number of Topliss-reactive ketones (excluding diaryl/α,β-unsaturated/α-hetero) is 1. The summed E-state index contributed by atoms with van der Waals surface area (Å²) in [5.41, 5.74) is 0.505. The fraction of sp³-hybridized carbons (Fsp3) is 0.444. The highest BCUT2D eigenvalue weighted by Crippen LogP contribution is 2.39. The van der Waals surface area contributed by atoms with Gasteiger partial charge in [0, 0.05) is 12.7 Å². The minimum atomic E-state index is -0.0770. The van der Waals surface area contributed by atoms with Gasteiger partial charge in [0.2, 0.25) is 5.95 Å². The summed E-state index contributed by atoms with van der Waals surface area (Å²) in [6.45, 7) is 5.81. The number of halogens is 1. The fourth-order valence-corrected chi connectivity index (χ4v) is 2.85. The number of hydrogen-bond acceptors (Lipinski definition) is 8. The number of ketones is 1. The number of benzene rings is 1. The van der Waals surface area contributed by atoms with Gasteiger partial charge < -0.3 is 19.5 Å². The number of rotatable bonds is 9. The zero-order chi connectivity index (χ0) is 20.0. The molecule has 8 nitrogen and oxygen atoms in total. The molecular weight excluding hydrogens is 416 g/mol. The molecule has 1 aromatic carbocycles. The summed E-state index contributed by atoms with van der Waals surface area (Å²) in [5, 5.41) is 3.21. The maximum Gasteiger partial charge on any atom is 0.327 e. The first-order chi connectivity index (χ1) is 12.9. The Hall–Kier alpha value is -2.26. The molecule has 0 aliphatic carbocycles. The molecule has 2 rings (SSSR count). The number of anilines is 1. The fourth-order valence-electron chi connectivity index (χ4n) is 2.33. The maximum absolute atomic E-state index is 11.6. The number of nitrogens with zero attached hydrogens (tertiary/aromatic N) is 3. The van der Waals surface area contributed by atoms with Crippen LogP contribution in [0, 0.1) is 6.92 Å². The molecule has 1 N–H and O–H groups in total. The van der Waals surface area contributed by atoms with Gasteiger partial charge in [-0.25, -0.2) is 0 Å². The van der Waals surface area contributed by atoms with Gasteiger partial charge in [0.25, 0.3) is 0 Å². The zero-order valence-corrected chi connectivity index (χ0v) is 17.6. The van der Waals surface area contributed by atoms with Gasteiger partial charge in [-0.05, 0) is 48.3 Å². The summed E-state index contributed by atoms with van der Waals surface area (Å²) in [6, 6.07) is 3.47. The van der Waals surface area contributed by atoms with Crippen molar-refractivity contribution in [3.05, 3.63) is 28.0 Å². The van der Waals surface area contributed by atoms with Crippen molar-refractivity contribution < 1.29 is 19.0 Å². The SMILES string of the molecule is CCC(COC)Nc1nc(C)nc(Oc2c(Br)cc(C(C)=O)cc2OC)n1. The van der Waals surface area contributed by atoms with Crippen molar-refractivity contribution in [1.29, 1.82) is 0 Å². The number of carbonyl (C=O) groups is 1. The predicted molar refractivity (Wildman–Crippen MR) is 105 cm³/mol. The maximum atomic E-state index is 11.6. The van der Waals surface area contributed by atoms with Crippen LogP contribution >= 0.6 is 15.9 Å². The Morgan fingerprint density at radius 3 is 2.59 bits per heavy atom. The number of aromatic nitrogens is 3. The highest BCUT2D eigenvalue weighted by atomic mass is 79.9. The van der Waals surface area contributed by atoms with E-state index < -0.39 is 0 Å². The molecule has 0 spiro atoms. The van der Waals surface area contributed by atoms with Crippen LogP contribution < -0.4 is 14.8 Å². The van der Waals surface area contributed by atoms with Crippen LogP contribution in [0.15, 0.2) is 16.6 Å². The van der Waals surface area contributed by atoms with E-state index in [1.165, 1.54) is 14.0 Å². The lowest BCUT2D eigenvalue weighted by Crippen LogP contribution is -2.25. The van der Waals surface area contributed by atoms with Crippen LogP contribution in [0.1, 0.15) is 36.5 Å². The topological polar surface area (TPSA) is 95.5 Å². The lowest BCUT2D eigenvalue weighted by Gasteiger charge is -2.17. The van der Waals surface area contributed by atoms with Crippen molar-refractivity contribution in [2.75, 3.05) is 26.1 Å². The summed E-state index contributed by atoms with van der Waals surface area (Å²) in [5.74, 6) is 1.60. The van der Waals surface area contributed by atoms with Gasteiger partial charge in [0.15, 0.2) is 17.3 Å². The normalized spacial score (nSPS) is 11.8. The molecule has 0 saturated heterocycles. The van der Waals surface area contributed by atoms with Gasteiger partial charge in [-0.1, -0.05) is 6.92 Å². The van der Waals surface area contributed by atoms with Crippen molar-refractivity contribution >= 4 is 27.7 Å². The van der Waals surface area contributed by atoms with E-state index >= 15 is 0 Å². The van der Waals surface area contributed by atoms with Crippen LogP contribution in [0.3, 0.4) is 0 Å². The quantitative estimate of drug-likeness (QED) is 0.590. The minimum absolute atomic E-state index is 0.0702. The summed E-state index contributed by atoms with van der Waals surface area (Å²) in [4.78, 5) is 24.5. The molecule has 1 aromatic heterocycles.